The van der Waals surface area contributed by atoms with Gasteiger partial charge in [0.1, 0.15) is 0 Å². The zero-order valence-corrected chi connectivity index (χ0v) is 15.6. The number of aromatic nitrogens is 2. The summed E-state index contributed by atoms with van der Waals surface area (Å²) < 4.78 is 28.3. The highest BCUT2D eigenvalue weighted by molar-refractivity contribution is 7.90. The smallest absolute Gasteiger partial charge is 0.322 e. The molecule has 1 N–H and O–H groups in total. The minimum Gasteiger partial charge on any atom is -0.403 e. The van der Waals surface area contributed by atoms with Gasteiger partial charge < -0.3 is 4.42 Å². The molecule has 3 aromatic rings. The molecule has 1 heterocycles. The van der Waals surface area contributed by atoms with Crippen molar-refractivity contribution in [3.05, 3.63) is 58.1 Å². The van der Waals surface area contributed by atoms with E-state index in [4.69, 9.17) is 27.6 Å². The highest BCUT2D eigenvalue weighted by Crippen LogP contribution is 2.30. The van der Waals surface area contributed by atoms with Crippen molar-refractivity contribution in [1.82, 2.24) is 10.2 Å². The molecule has 1 amide bonds. The molecule has 26 heavy (non-hydrogen) atoms. The van der Waals surface area contributed by atoms with Gasteiger partial charge in [-0.05, 0) is 42.5 Å². The Labute approximate surface area is 158 Å². The van der Waals surface area contributed by atoms with Crippen molar-refractivity contribution in [2.45, 2.75) is 4.90 Å². The topological polar surface area (TPSA) is 102 Å². The molecule has 0 radical (unpaired) electrons. The van der Waals surface area contributed by atoms with E-state index < -0.39 is 15.7 Å². The van der Waals surface area contributed by atoms with E-state index >= 15 is 0 Å². The van der Waals surface area contributed by atoms with Crippen molar-refractivity contribution >= 4 is 45.0 Å². The van der Waals surface area contributed by atoms with Gasteiger partial charge in [-0.1, -0.05) is 28.3 Å². The fraction of sp³-hybridized carbons (Fsp3) is 0.0625. The van der Waals surface area contributed by atoms with Gasteiger partial charge >= 0.3 is 6.01 Å². The van der Waals surface area contributed by atoms with Gasteiger partial charge in [-0.25, -0.2) is 8.42 Å². The van der Waals surface area contributed by atoms with Crippen LogP contribution >= 0.6 is 23.2 Å². The Morgan fingerprint density at radius 2 is 1.77 bits per heavy atom. The second-order valence-electron chi connectivity index (χ2n) is 5.29. The summed E-state index contributed by atoms with van der Waals surface area (Å²) in [5.74, 6) is -0.406. The number of nitrogens with zero attached hydrogens (tertiary/aromatic N) is 2. The highest BCUT2D eigenvalue weighted by atomic mass is 35.5. The summed E-state index contributed by atoms with van der Waals surface area (Å²) in [7, 11) is -3.33. The van der Waals surface area contributed by atoms with Crippen LogP contribution in [0, 0.1) is 0 Å². The lowest BCUT2D eigenvalue weighted by Gasteiger charge is -2.02. The van der Waals surface area contributed by atoms with Crippen LogP contribution in [0.4, 0.5) is 6.01 Å². The first-order valence-electron chi connectivity index (χ1n) is 7.14. The summed E-state index contributed by atoms with van der Waals surface area (Å²) in [6.45, 7) is 0. The lowest BCUT2D eigenvalue weighted by atomic mass is 10.2. The number of amides is 1. The second-order valence-corrected chi connectivity index (χ2v) is 8.15. The van der Waals surface area contributed by atoms with Crippen LogP contribution < -0.4 is 5.32 Å². The molecule has 0 bridgehead atoms. The molecule has 0 atom stereocenters. The summed E-state index contributed by atoms with van der Waals surface area (Å²) in [6, 6.07) is 10.1. The van der Waals surface area contributed by atoms with E-state index in [1.165, 1.54) is 30.3 Å². The number of nitrogens with one attached hydrogen (secondary N) is 1. The number of hydrogen-bond donors (Lipinski definition) is 1. The van der Waals surface area contributed by atoms with Gasteiger partial charge in [0.05, 0.1) is 15.5 Å². The average Bonchev–Trinajstić information content (AvgIpc) is 3.02. The number of carbonyl (C=O) groups excluding carboxylic acids is 1. The number of carbonyl (C=O) groups is 1. The first-order valence-corrected chi connectivity index (χ1v) is 9.79. The number of hydrogen-bond acceptors (Lipinski definition) is 6. The first kappa shape index (κ1) is 18.4. The van der Waals surface area contributed by atoms with Crippen LogP contribution in [0.5, 0.6) is 0 Å². The van der Waals surface area contributed by atoms with Gasteiger partial charge in [-0.2, -0.15) is 0 Å². The van der Waals surface area contributed by atoms with Crippen molar-refractivity contribution in [3.63, 3.8) is 0 Å². The predicted octanol–water partition coefficient (Wildman–Crippen LogP) is 3.70. The van der Waals surface area contributed by atoms with E-state index in [1.807, 2.05) is 0 Å². The van der Waals surface area contributed by atoms with Crippen molar-refractivity contribution in [3.8, 4) is 11.5 Å². The molecule has 0 aliphatic carbocycles. The van der Waals surface area contributed by atoms with Gasteiger partial charge in [-0.3, -0.25) is 10.1 Å². The lowest BCUT2D eigenvalue weighted by Crippen LogP contribution is -2.12. The largest absolute Gasteiger partial charge is 0.403 e. The Bertz CT molecular complexity index is 1080. The van der Waals surface area contributed by atoms with E-state index in [1.54, 1.807) is 12.1 Å². The molecule has 0 saturated heterocycles. The maximum absolute atomic E-state index is 12.2. The molecular formula is C16H11Cl2N3O4S. The van der Waals surface area contributed by atoms with E-state index in [2.05, 4.69) is 15.5 Å². The standard InChI is InChI=1S/C16H11Cl2N3O4S/c1-26(23,24)11-5-2-9(3-6-11)14(22)19-16-21-20-15(25-16)12-7-4-10(17)8-13(12)18/h2-8H,1H3,(H,19,21,22). The summed E-state index contributed by atoms with van der Waals surface area (Å²) in [5.41, 5.74) is 0.711. The highest BCUT2D eigenvalue weighted by Gasteiger charge is 2.15. The normalized spacial score (nSPS) is 11.3. The molecule has 3 rings (SSSR count). The Hall–Kier alpha value is -2.42. The Morgan fingerprint density at radius 1 is 1.08 bits per heavy atom. The van der Waals surface area contributed by atoms with Crippen LogP contribution in [0.2, 0.25) is 10.0 Å². The third-order valence-electron chi connectivity index (χ3n) is 3.35. The maximum Gasteiger partial charge on any atom is 0.322 e. The second kappa shape index (κ2) is 7.06. The molecule has 2 aromatic carbocycles. The third kappa shape index (κ3) is 4.04. The summed E-state index contributed by atoms with van der Waals surface area (Å²) in [5, 5.41) is 10.8. The van der Waals surface area contributed by atoms with Gasteiger partial charge in [0.15, 0.2) is 9.84 Å². The van der Waals surface area contributed by atoms with Crippen molar-refractivity contribution in [2.75, 3.05) is 11.6 Å². The molecule has 134 valence electrons. The molecule has 7 nitrogen and oxygen atoms in total. The van der Waals surface area contributed by atoms with Crippen LogP contribution in [-0.2, 0) is 9.84 Å². The van der Waals surface area contributed by atoms with Crippen LogP contribution in [0.15, 0.2) is 51.8 Å². The zero-order valence-electron chi connectivity index (χ0n) is 13.2. The van der Waals surface area contributed by atoms with E-state index in [-0.39, 0.29) is 22.4 Å². The zero-order chi connectivity index (χ0) is 18.9. The van der Waals surface area contributed by atoms with Gasteiger partial charge in [-0.15, -0.1) is 5.10 Å². The van der Waals surface area contributed by atoms with Gasteiger partial charge in [0, 0.05) is 16.8 Å². The number of sulfone groups is 1. The van der Waals surface area contributed by atoms with Crippen molar-refractivity contribution in [2.24, 2.45) is 0 Å². The quantitative estimate of drug-likeness (QED) is 0.701. The van der Waals surface area contributed by atoms with E-state index in [0.29, 0.717) is 15.6 Å². The van der Waals surface area contributed by atoms with Gasteiger partial charge in [0.25, 0.3) is 11.8 Å². The molecule has 0 saturated carbocycles. The fourth-order valence-electron chi connectivity index (χ4n) is 2.07. The minimum absolute atomic E-state index is 0.117. The summed E-state index contributed by atoms with van der Waals surface area (Å²) in [6.07, 6.45) is 1.09. The molecule has 0 unspecified atom stereocenters. The van der Waals surface area contributed by atoms with Crippen LogP contribution in [0.25, 0.3) is 11.5 Å². The van der Waals surface area contributed by atoms with Crippen molar-refractivity contribution in [1.29, 1.82) is 0 Å². The maximum atomic E-state index is 12.2. The Balaban J connectivity index is 1.77. The van der Waals surface area contributed by atoms with Crippen LogP contribution in [0.3, 0.4) is 0 Å². The SMILES string of the molecule is CS(=O)(=O)c1ccc(C(=O)Nc2nnc(-c3ccc(Cl)cc3Cl)o2)cc1. The van der Waals surface area contributed by atoms with E-state index in [0.717, 1.165) is 6.26 Å². The monoisotopic (exact) mass is 411 g/mol. The van der Waals surface area contributed by atoms with Crippen LogP contribution in [-0.4, -0.2) is 30.8 Å². The number of halogens is 2. The first-order chi connectivity index (χ1) is 12.2. The predicted molar refractivity (Wildman–Crippen MR) is 97.3 cm³/mol. The molecular weight excluding hydrogens is 401 g/mol. The molecule has 0 aliphatic rings. The lowest BCUT2D eigenvalue weighted by molar-refractivity contribution is 0.102. The minimum atomic E-state index is -3.33. The number of benzene rings is 2. The fourth-order valence-corrected chi connectivity index (χ4v) is 3.19. The molecule has 0 spiro atoms. The molecule has 0 aliphatic heterocycles. The molecule has 10 heteroatoms. The molecule has 0 fully saturated rings. The van der Waals surface area contributed by atoms with Crippen LogP contribution in [0.1, 0.15) is 10.4 Å². The third-order valence-corrected chi connectivity index (χ3v) is 5.03. The number of rotatable bonds is 4. The number of anilines is 1. The molecule has 1 aromatic heterocycles. The summed E-state index contributed by atoms with van der Waals surface area (Å²) >= 11 is 11.9. The Morgan fingerprint density at radius 3 is 2.38 bits per heavy atom. The van der Waals surface area contributed by atoms with E-state index in [9.17, 15) is 13.2 Å². The summed E-state index contributed by atoms with van der Waals surface area (Å²) in [4.78, 5) is 12.3. The van der Waals surface area contributed by atoms with Gasteiger partial charge in [0.2, 0.25) is 0 Å². The Kier molecular flexibility index (Phi) is 4.99. The average molecular weight is 412 g/mol. The van der Waals surface area contributed by atoms with Crippen molar-refractivity contribution < 1.29 is 17.6 Å².